The average Bonchev–Trinajstić information content (AvgIpc) is 2.35. The van der Waals surface area contributed by atoms with E-state index >= 15 is 0 Å². The Labute approximate surface area is 104 Å². The number of aromatic nitrogens is 2. The molecule has 0 saturated heterocycles. The molecule has 2 rings (SSSR count). The number of halogens is 1. The minimum absolute atomic E-state index is 0.387. The van der Waals surface area contributed by atoms with Gasteiger partial charge in [0.1, 0.15) is 23.0 Å². The number of rotatable bonds is 3. The van der Waals surface area contributed by atoms with Crippen LogP contribution in [0.1, 0.15) is 5.56 Å². The fraction of sp³-hybridized carbons (Fsp3) is 0.167. The summed E-state index contributed by atoms with van der Waals surface area (Å²) in [7, 11) is 1.60. The van der Waals surface area contributed by atoms with Gasteiger partial charge in [0.2, 0.25) is 5.88 Å². The van der Waals surface area contributed by atoms with Crippen LogP contribution in [0.25, 0.3) is 0 Å². The maximum Gasteiger partial charge on any atom is 0.226 e. The molecule has 0 aliphatic carbocycles. The lowest BCUT2D eigenvalue weighted by molar-refractivity contribution is 0.407. The van der Waals surface area contributed by atoms with Gasteiger partial charge in [-0.2, -0.15) is 0 Å². The van der Waals surface area contributed by atoms with Crippen molar-refractivity contribution in [3.05, 3.63) is 41.3 Å². The lowest BCUT2D eigenvalue weighted by Crippen LogP contribution is -1.94. The Morgan fingerprint density at radius 2 is 1.94 bits per heavy atom. The van der Waals surface area contributed by atoms with Crippen LogP contribution in [0.15, 0.2) is 30.6 Å². The zero-order chi connectivity index (χ0) is 12.3. The molecular weight excluding hydrogens is 240 g/mol. The Kier molecular flexibility index (Phi) is 3.44. The molecule has 0 radical (unpaired) electrons. The quantitative estimate of drug-likeness (QED) is 0.785. The SMILES string of the molecule is COc1cccc(Oc2ncnc(Cl)c2C)c1. The highest BCUT2D eigenvalue weighted by molar-refractivity contribution is 6.30. The lowest BCUT2D eigenvalue weighted by atomic mass is 10.3. The van der Waals surface area contributed by atoms with Gasteiger partial charge < -0.3 is 9.47 Å². The maximum atomic E-state index is 5.88. The van der Waals surface area contributed by atoms with Crippen LogP contribution >= 0.6 is 11.6 Å². The molecule has 0 aliphatic heterocycles. The molecule has 17 heavy (non-hydrogen) atoms. The summed E-state index contributed by atoms with van der Waals surface area (Å²) in [6, 6.07) is 7.27. The molecule has 1 heterocycles. The van der Waals surface area contributed by atoms with Crippen LogP contribution in [-0.4, -0.2) is 17.1 Å². The standard InChI is InChI=1S/C12H11ClN2O2/c1-8-11(13)14-7-15-12(8)17-10-5-3-4-9(6-10)16-2/h3-7H,1-2H3. The third-order valence-corrected chi connectivity index (χ3v) is 2.61. The molecule has 4 nitrogen and oxygen atoms in total. The third-order valence-electron chi connectivity index (χ3n) is 2.23. The van der Waals surface area contributed by atoms with E-state index < -0.39 is 0 Å². The van der Waals surface area contributed by atoms with Crippen molar-refractivity contribution in [1.29, 1.82) is 0 Å². The monoisotopic (exact) mass is 250 g/mol. The summed E-state index contributed by atoms with van der Waals surface area (Å²) in [5.74, 6) is 1.81. The van der Waals surface area contributed by atoms with E-state index in [0.717, 1.165) is 5.75 Å². The summed E-state index contributed by atoms with van der Waals surface area (Å²) in [4.78, 5) is 7.90. The second-order valence-electron chi connectivity index (χ2n) is 3.38. The Morgan fingerprint density at radius 3 is 2.71 bits per heavy atom. The number of nitrogens with zero attached hydrogens (tertiary/aromatic N) is 2. The van der Waals surface area contributed by atoms with Crippen molar-refractivity contribution < 1.29 is 9.47 Å². The predicted octanol–water partition coefficient (Wildman–Crippen LogP) is 3.24. The molecule has 0 unspecified atom stereocenters. The Hall–Kier alpha value is -1.81. The van der Waals surface area contributed by atoms with Gasteiger partial charge in [-0.25, -0.2) is 9.97 Å². The van der Waals surface area contributed by atoms with Gasteiger partial charge in [-0.05, 0) is 19.1 Å². The van der Waals surface area contributed by atoms with E-state index in [9.17, 15) is 0 Å². The number of hydrogen-bond donors (Lipinski definition) is 0. The van der Waals surface area contributed by atoms with Gasteiger partial charge in [-0.15, -0.1) is 0 Å². The first-order valence-electron chi connectivity index (χ1n) is 4.99. The molecule has 2 aromatic rings. The van der Waals surface area contributed by atoms with Gasteiger partial charge in [0.15, 0.2) is 0 Å². The van der Waals surface area contributed by atoms with E-state index in [0.29, 0.717) is 22.3 Å². The van der Waals surface area contributed by atoms with Crippen LogP contribution in [-0.2, 0) is 0 Å². The smallest absolute Gasteiger partial charge is 0.226 e. The van der Waals surface area contributed by atoms with Gasteiger partial charge in [-0.3, -0.25) is 0 Å². The van der Waals surface area contributed by atoms with E-state index in [2.05, 4.69) is 9.97 Å². The molecule has 0 amide bonds. The Balaban J connectivity index is 2.28. The van der Waals surface area contributed by atoms with E-state index in [1.165, 1.54) is 6.33 Å². The van der Waals surface area contributed by atoms with E-state index in [-0.39, 0.29) is 0 Å². The van der Waals surface area contributed by atoms with Gasteiger partial charge in [-0.1, -0.05) is 17.7 Å². The number of methoxy groups -OCH3 is 1. The molecule has 0 N–H and O–H groups in total. The number of hydrogen-bond acceptors (Lipinski definition) is 4. The maximum absolute atomic E-state index is 5.88. The Bertz CT molecular complexity index is 532. The summed E-state index contributed by atoms with van der Waals surface area (Å²) in [5, 5.41) is 0.387. The molecule has 0 aliphatic rings. The summed E-state index contributed by atoms with van der Waals surface area (Å²) in [6.45, 7) is 1.80. The highest BCUT2D eigenvalue weighted by Gasteiger charge is 2.07. The van der Waals surface area contributed by atoms with Crippen molar-refractivity contribution >= 4 is 11.6 Å². The summed E-state index contributed by atoms with van der Waals surface area (Å²) >= 11 is 5.88. The molecular formula is C12H11ClN2O2. The van der Waals surface area contributed by atoms with Crippen molar-refractivity contribution in [2.24, 2.45) is 0 Å². The minimum Gasteiger partial charge on any atom is -0.497 e. The van der Waals surface area contributed by atoms with Crippen LogP contribution < -0.4 is 9.47 Å². The number of ether oxygens (including phenoxy) is 2. The molecule has 0 atom stereocenters. The fourth-order valence-corrected chi connectivity index (χ4v) is 1.42. The van der Waals surface area contributed by atoms with Crippen molar-refractivity contribution in [3.63, 3.8) is 0 Å². The van der Waals surface area contributed by atoms with Crippen LogP contribution in [0.2, 0.25) is 5.15 Å². The van der Waals surface area contributed by atoms with Crippen LogP contribution in [0.4, 0.5) is 0 Å². The first kappa shape index (κ1) is 11.7. The van der Waals surface area contributed by atoms with E-state index in [1.54, 1.807) is 20.1 Å². The van der Waals surface area contributed by atoms with Crippen molar-refractivity contribution in [1.82, 2.24) is 9.97 Å². The first-order chi connectivity index (χ1) is 8.20. The van der Waals surface area contributed by atoms with Crippen molar-refractivity contribution in [3.8, 4) is 17.4 Å². The van der Waals surface area contributed by atoms with Gasteiger partial charge in [0.25, 0.3) is 0 Å². The van der Waals surface area contributed by atoms with Crippen LogP contribution in [0.5, 0.6) is 17.4 Å². The summed E-state index contributed by atoms with van der Waals surface area (Å²) < 4.78 is 10.7. The fourth-order valence-electron chi connectivity index (χ4n) is 1.29. The number of benzene rings is 1. The summed E-state index contributed by atoms with van der Waals surface area (Å²) in [6.07, 6.45) is 1.37. The first-order valence-corrected chi connectivity index (χ1v) is 5.37. The highest BCUT2D eigenvalue weighted by atomic mass is 35.5. The topological polar surface area (TPSA) is 44.2 Å². The molecule has 5 heteroatoms. The minimum atomic E-state index is 0.387. The van der Waals surface area contributed by atoms with Crippen molar-refractivity contribution in [2.45, 2.75) is 6.92 Å². The van der Waals surface area contributed by atoms with Crippen LogP contribution in [0.3, 0.4) is 0 Å². The third kappa shape index (κ3) is 2.65. The molecule has 1 aromatic carbocycles. The predicted molar refractivity (Wildman–Crippen MR) is 64.8 cm³/mol. The largest absolute Gasteiger partial charge is 0.497 e. The van der Waals surface area contributed by atoms with Gasteiger partial charge >= 0.3 is 0 Å². The molecule has 0 fully saturated rings. The van der Waals surface area contributed by atoms with Gasteiger partial charge in [0.05, 0.1) is 7.11 Å². The second kappa shape index (κ2) is 5.01. The van der Waals surface area contributed by atoms with Crippen LogP contribution in [0, 0.1) is 6.92 Å². The summed E-state index contributed by atoms with van der Waals surface area (Å²) in [5.41, 5.74) is 0.706. The average molecular weight is 251 g/mol. The molecule has 0 spiro atoms. The van der Waals surface area contributed by atoms with Crippen molar-refractivity contribution in [2.75, 3.05) is 7.11 Å². The highest BCUT2D eigenvalue weighted by Crippen LogP contribution is 2.27. The Morgan fingerprint density at radius 1 is 1.18 bits per heavy atom. The second-order valence-corrected chi connectivity index (χ2v) is 3.73. The lowest BCUT2D eigenvalue weighted by Gasteiger charge is -2.08. The molecule has 0 bridgehead atoms. The molecule has 0 saturated carbocycles. The zero-order valence-electron chi connectivity index (χ0n) is 9.48. The normalized spacial score (nSPS) is 10.1. The molecule has 1 aromatic heterocycles. The van der Waals surface area contributed by atoms with E-state index in [4.69, 9.17) is 21.1 Å². The molecule has 88 valence electrons. The zero-order valence-corrected chi connectivity index (χ0v) is 10.2. The van der Waals surface area contributed by atoms with E-state index in [1.807, 2.05) is 18.2 Å². The van der Waals surface area contributed by atoms with Gasteiger partial charge in [0, 0.05) is 11.6 Å².